The number of pyridine rings is 2. The molecule has 7 heteroatoms. The van der Waals surface area contributed by atoms with Gasteiger partial charge in [0.25, 0.3) is 5.91 Å². The van der Waals surface area contributed by atoms with Gasteiger partial charge in [-0.2, -0.15) is 4.98 Å². The molecule has 1 saturated heterocycles. The van der Waals surface area contributed by atoms with Gasteiger partial charge in [0.15, 0.2) is 0 Å². The number of hydrogen-bond donors (Lipinski definition) is 0. The van der Waals surface area contributed by atoms with E-state index in [1.165, 1.54) is 0 Å². The second-order valence-electron chi connectivity index (χ2n) is 5.22. The minimum absolute atomic E-state index is 0.122. The minimum atomic E-state index is -0.192. The van der Waals surface area contributed by atoms with Crippen LogP contribution in [0.1, 0.15) is 28.8 Å². The van der Waals surface area contributed by atoms with Crippen LogP contribution in [0.5, 0.6) is 0 Å². The van der Waals surface area contributed by atoms with Crippen molar-refractivity contribution in [1.82, 2.24) is 25.0 Å². The van der Waals surface area contributed by atoms with Crippen LogP contribution in [0.15, 0.2) is 53.4 Å². The predicted molar refractivity (Wildman–Crippen MR) is 80.2 cm³/mol. The highest BCUT2D eigenvalue weighted by Crippen LogP contribution is 2.34. The molecule has 3 aromatic rings. The largest absolute Gasteiger partial charge is 0.337 e. The summed E-state index contributed by atoms with van der Waals surface area (Å²) in [5.74, 6) is 0.799. The maximum Gasteiger partial charge on any atom is 0.273 e. The van der Waals surface area contributed by atoms with E-state index in [4.69, 9.17) is 4.52 Å². The lowest BCUT2D eigenvalue weighted by molar-refractivity contribution is 0.0373. The Morgan fingerprint density at radius 2 is 2.17 bits per heavy atom. The van der Waals surface area contributed by atoms with Crippen LogP contribution < -0.4 is 0 Å². The number of aromatic nitrogens is 4. The van der Waals surface area contributed by atoms with Gasteiger partial charge in [0, 0.05) is 30.7 Å². The van der Waals surface area contributed by atoms with Gasteiger partial charge in [0.2, 0.25) is 11.7 Å². The Hall–Kier alpha value is -3.09. The van der Waals surface area contributed by atoms with Crippen LogP contribution in [0.2, 0.25) is 0 Å². The molecule has 0 N–H and O–H groups in total. The van der Waals surface area contributed by atoms with Crippen LogP contribution in [-0.4, -0.2) is 37.5 Å². The third-order valence-electron chi connectivity index (χ3n) is 3.81. The second-order valence-corrected chi connectivity index (χ2v) is 5.22. The fourth-order valence-electron chi connectivity index (χ4n) is 2.51. The molecule has 4 rings (SSSR count). The van der Waals surface area contributed by atoms with E-state index in [0.29, 0.717) is 24.0 Å². The summed E-state index contributed by atoms with van der Waals surface area (Å²) in [7, 11) is 0. The maximum absolute atomic E-state index is 12.5. The first-order chi connectivity index (χ1) is 11.3. The van der Waals surface area contributed by atoms with Crippen LogP contribution >= 0.6 is 0 Å². The molecule has 1 atom stereocenters. The molecule has 4 heterocycles. The highest BCUT2D eigenvalue weighted by molar-refractivity contribution is 5.93. The van der Waals surface area contributed by atoms with Crippen LogP contribution in [-0.2, 0) is 0 Å². The van der Waals surface area contributed by atoms with Crippen LogP contribution in [0.3, 0.4) is 0 Å². The molecule has 0 aromatic carbocycles. The second kappa shape index (κ2) is 5.60. The molecule has 114 valence electrons. The van der Waals surface area contributed by atoms with Gasteiger partial charge in [-0.25, -0.2) is 0 Å². The zero-order chi connectivity index (χ0) is 15.6. The molecule has 0 saturated carbocycles. The normalized spacial score (nSPS) is 16.9. The van der Waals surface area contributed by atoms with E-state index in [9.17, 15) is 4.79 Å². The topological polar surface area (TPSA) is 85.0 Å². The number of amides is 1. The van der Waals surface area contributed by atoms with Gasteiger partial charge in [0.1, 0.15) is 11.7 Å². The Kier molecular flexibility index (Phi) is 3.30. The van der Waals surface area contributed by atoms with Crippen molar-refractivity contribution in [1.29, 1.82) is 0 Å². The molecular weight excluding hydrogens is 294 g/mol. The van der Waals surface area contributed by atoms with Crippen LogP contribution in [0, 0.1) is 0 Å². The van der Waals surface area contributed by atoms with Gasteiger partial charge in [0.05, 0.1) is 0 Å². The smallest absolute Gasteiger partial charge is 0.273 e. The summed E-state index contributed by atoms with van der Waals surface area (Å²) >= 11 is 0. The summed E-state index contributed by atoms with van der Waals surface area (Å²) in [5.41, 5.74) is 1.20. The van der Waals surface area contributed by atoms with E-state index < -0.39 is 0 Å². The molecule has 0 radical (unpaired) electrons. The van der Waals surface area contributed by atoms with Crippen molar-refractivity contribution in [2.45, 2.75) is 12.5 Å². The fourth-order valence-corrected chi connectivity index (χ4v) is 2.51. The zero-order valence-corrected chi connectivity index (χ0v) is 12.2. The summed E-state index contributed by atoms with van der Waals surface area (Å²) in [4.78, 5) is 26.7. The third kappa shape index (κ3) is 2.46. The van der Waals surface area contributed by atoms with Gasteiger partial charge >= 0.3 is 0 Å². The van der Waals surface area contributed by atoms with Crippen molar-refractivity contribution in [2.75, 3.05) is 6.54 Å². The van der Waals surface area contributed by atoms with Crippen molar-refractivity contribution >= 4 is 5.91 Å². The van der Waals surface area contributed by atoms with Crippen molar-refractivity contribution < 1.29 is 9.32 Å². The quantitative estimate of drug-likeness (QED) is 0.736. The first-order valence-corrected chi connectivity index (χ1v) is 7.29. The van der Waals surface area contributed by atoms with Gasteiger partial charge in [-0.15, -0.1) is 0 Å². The van der Waals surface area contributed by atoms with Gasteiger partial charge < -0.3 is 9.42 Å². The summed E-state index contributed by atoms with van der Waals surface area (Å²) in [6.07, 6.45) is 5.76. The van der Waals surface area contributed by atoms with Crippen molar-refractivity contribution in [3.05, 3.63) is 60.5 Å². The predicted octanol–water partition coefficient (Wildman–Crippen LogP) is 2.11. The Bertz CT molecular complexity index is 819. The number of carbonyl (C=O) groups excluding carboxylic acids is 1. The first-order valence-electron chi connectivity index (χ1n) is 7.29. The third-order valence-corrected chi connectivity index (χ3v) is 3.81. The number of rotatable bonds is 3. The summed E-state index contributed by atoms with van der Waals surface area (Å²) < 4.78 is 5.34. The van der Waals surface area contributed by atoms with Crippen LogP contribution in [0.25, 0.3) is 11.4 Å². The number of carbonyl (C=O) groups is 1. The molecule has 0 aliphatic carbocycles. The Morgan fingerprint density at radius 1 is 1.22 bits per heavy atom. The average Bonchev–Trinajstić information content (AvgIpc) is 3.05. The average molecular weight is 307 g/mol. The fraction of sp³-hybridized carbons (Fsp3) is 0.188. The molecule has 0 unspecified atom stereocenters. The zero-order valence-electron chi connectivity index (χ0n) is 12.2. The van der Waals surface area contributed by atoms with Gasteiger partial charge in [-0.3, -0.25) is 14.8 Å². The van der Waals surface area contributed by atoms with Crippen molar-refractivity contribution in [3.63, 3.8) is 0 Å². The monoisotopic (exact) mass is 307 g/mol. The molecule has 1 amide bonds. The lowest BCUT2D eigenvalue weighted by Gasteiger charge is -2.38. The molecule has 7 nitrogen and oxygen atoms in total. The van der Waals surface area contributed by atoms with Gasteiger partial charge in [-0.05, 0) is 30.7 Å². The standard InChI is InChI=1S/C16H13N5O2/c22-16(12-5-1-2-8-18-12)21-9-6-13(21)15-19-14(20-23-15)11-4-3-7-17-10-11/h1-5,7-8,10,13H,6,9H2/t13-/m1/s1. The highest BCUT2D eigenvalue weighted by Gasteiger charge is 2.38. The Labute approximate surface area is 132 Å². The van der Waals surface area contributed by atoms with Crippen molar-refractivity contribution in [3.8, 4) is 11.4 Å². The van der Waals surface area contributed by atoms with Gasteiger partial charge in [-0.1, -0.05) is 11.2 Å². The Morgan fingerprint density at radius 3 is 2.87 bits per heavy atom. The molecule has 1 fully saturated rings. The Balaban J connectivity index is 1.55. The molecule has 23 heavy (non-hydrogen) atoms. The minimum Gasteiger partial charge on any atom is -0.337 e. The van der Waals surface area contributed by atoms with Crippen molar-refractivity contribution in [2.24, 2.45) is 0 Å². The number of likely N-dealkylation sites (tertiary alicyclic amines) is 1. The van der Waals surface area contributed by atoms with E-state index in [1.807, 2.05) is 12.1 Å². The number of nitrogens with zero attached hydrogens (tertiary/aromatic N) is 5. The molecule has 1 aliphatic heterocycles. The van der Waals surface area contributed by atoms with E-state index in [1.54, 1.807) is 41.7 Å². The molecule has 0 spiro atoms. The molecule has 0 bridgehead atoms. The van der Waals surface area contributed by atoms with Crippen LogP contribution in [0.4, 0.5) is 0 Å². The van der Waals surface area contributed by atoms with E-state index in [0.717, 1.165) is 12.0 Å². The van der Waals surface area contributed by atoms with E-state index in [2.05, 4.69) is 20.1 Å². The summed E-state index contributed by atoms with van der Waals surface area (Å²) in [6, 6.07) is 8.75. The lowest BCUT2D eigenvalue weighted by Crippen LogP contribution is -2.45. The molecule has 1 aliphatic rings. The lowest BCUT2D eigenvalue weighted by atomic mass is 10.0. The SMILES string of the molecule is O=C(c1ccccn1)N1CC[C@@H]1c1nc(-c2cccnc2)no1. The van der Waals surface area contributed by atoms with E-state index in [-0.39, 0.29) is 11.9 Å². The maximum atomic E-state index is 12.5. The summed E-state index contributed by atoms with van der Waals surface area (Å²) in [6.45, 7) is 0.657. The first kappa shape index (κ1) is 13.6. The highest BCUT2D eigenvalue weighted by atomic mass is 16.5. The molecular formula is C16H13N5O2. The van der Waals surface area contributed by atoms with E-state index >= 15 is 0 Å². The summed E-state index contributed by atoms with van der Waals surface area (Å²) in [5, 5.41) is 3.98. The number of hydrogen-bond acceptors (Lipinski definition) is 6. The molecule has 3 aromatic heterocycles.